The molecule has 1 fully saturated rings. The Morgan fingerprint density at radius 1 is 1.33 bits per heavy atom. The molecule has 1 aliphatic carbocycles. The Labute approximate surface area is 111 Å². The second kappa shape index (κ2) is 6.40. The fourth-order valence-corrected chi connectivity index (χ4v) is 3.22. The number of esters is 1. The Morgan fingerprint density at radius 2 is 2.17 bits per heavy atom. The molecule has 0 radical (unpaired) electrons. The summed E-state index contributed by atoms with van der Waals surface area (Å²) in [6.07, 6.45) is 11.3. The van der Waals surface area contributed by atoms with Crippen molar-refractivity contribution >= 4 is 5.97 Å². The number of rotatable bonds is 3. The van der Waals surface area contributed by atoms with Crippen molar-refractivity contribution < 1.29 is 9.53 Å². The zero-order valence-electron chi connectivity index (χ0n) is 11.8. The van der Waals surface area contributed by atoms with E-state index in [0.29, 0.717) is 12.3 Å². The van der Waals surface area contributed by atoms with Crippen LogP contribution in [0.5, 0.6) is 0 Å². The van der Waals surface area contributed by atoms with E-state index in [-0.39, 0.29) is 12.1 Å². The topological polar surface area (TPSA) is 26.3 Å². The summed E-state index contributed by atoms with van der Waals surface area (Å²) in [6, 6.07) is 0. The molecule has 18 heavy (non-hydrogen) atoms. The second-order valence-electron chi connectivity index (χ2n) is 6.16. The molecule has 3 unspecified atom stereocenters. The quantitative estimate of drug-likeness (QED) is 0.553. The van der Waals surface area contributed by atoms with Gasteiger partial charge in [-0.25, -0.2) is 0 Å². The van der Waals surface area contributed by atoms with Gasteiger partial charge in [0.25, 0.3) is 0 Å². The molecule has 0 aromatic carbocycles. The Bertz CT molecular complexity index is 319. The summed E-state index contributed by atoms with van der Waals surface area (Å²) >= 11 is 0. The zero-order chi connectivity index (χ0) is 13.0. The van der Waals surface area contributed by atoms with Crippen molar-refractivity contribution in [1.82, 2.24) is 0 Å². The van der Waals surface area contributed by atoms with Gasteiger partial charge in [0.2, 0.25) is 0 Å². The first-order valence-corrected chi connectivity index (χ1v) is 7.50. The summed E-state index contributed by atoms with van der Waals surface area (Å²) in [5.41, 5.74) is 1.54. The average Bonchev–Trinajstić information content (AvgIpc) is 2.54. The SMILES string of the molecule is CC1=CCC(C(C)CC2CCCCC(=O)O2)CC1. The molecule has 1 saturated heterocycles. The molecule has 3 atom stereocenters. The first-order chi connectivity index (χ1) is 8.65. The van der Waals surface area contributed by atoms with E-state index in [2.05, 4.69) is 19.9 Å². The smallest absolute Gasteiger partial charge is 0.306 e. The van der Waals surface area contributed by atoms with Crippen LogP contribution in [-0.4, -0.2) is 12.1 Å². The highest BCUT2D eigenvalue weighted by atomic mass is 16.5. The van der Waals surface area contributed by atoms with E-state index >= 15 is 0 Å². The third-order valence-electron chi connectivity index (χ3n) is 4.57. The van der Waals surface area contributed by atoms with Crippen molar-refractivity contribution in [2.75, 3.05) is 0 Å². The first kappa shape index (κ1) is 13.6. The van der Waals surface area contributed by atoms with Crippen LogP contribution in [0, 0.1) is 11.8 Å². The fraction of sp³-hybridized carbons (Fsp3) is 0.812. The van der Waals surface area contributed by atoms with Gasteiger partial charge in [-0.3, -0.25) is 4.79 Å². The molecular formula is C16H26O2. The van der Waals surface area contributed by atoms with Crippen LogP contribution in [0.4, 0.5) is 0 Å². The van der Waals surface area contributed by atoms with E-state index < -0.39 is 0 Å². The summed E-state index contributed by atoms with van der Waals surface area (Å²) in [6.45, 7) is 4.56. The molecule has 2 aliphatic rings. The van der Waals surface area contributed by atoms with Crippen LogP contribution in [0.15, 0.2) is 11.6 Å². The second-order valence-corrected chi connectivity index (χ2v) is 6.16. The van der Waals surface area contributed by atoms with E-state index in [1.54, 1.807) is 5.57 Å². The molecule has 1 heterocycles. The standard InChI is InChI=1S/C16H26O2/c1-12-7-9-14(10-8-12)13(2)11-15-5-3-4-6-16(17)18-15/h7,13-15H,3-6,8-11H2,1-2H3. The molecule has 0 spiro atoms. The summed E-state index contributed by atoms with van der Waals surface area (Å²) < 4.78 is 5.54. The Morgan fingerprint density at radius 3 is 2.89 bits per heavy atom. The monoisotopic (exact) mass is 250 g/mol. The molecule has 2 heteroatoms. The lowest BCUT2D eigenvalue weighted by atomic mass is 9.79. The van der Waals surface area contributed by atoms with Crippen LogP contribution in [0.2, 0.25) is 0 Å². The zero-order valence-corrected chi connectivity index (χ0v) is 11.8. The number of hydrogen-bond donors (Lipinski definition) is 0. The average molecular weight is 250 g/mol. The van der Waals surface area contributed by atoms with Gasteiger partial charge in [0, 0.05) is 6.42 Å². The largest absolute Gasteiger partial charge is 0.462 e. The minimum Gasteiger partial charge on any atom is -0.462 e. The highest BCUT2D eigenvalue weighted by Crippen LogP contribution is 2.33. The van der Waals surface area contributed by atoms with Crippen molar-refractivity contribution in [3.63, 3.8) is 0 Å². The van der Waals surface area contributed by atoms with Gasteiger partial charge in [0.05, 0.1) is 0 Å². The molecule has 0 bridgehead atoms. The highest BCUT2D eigenvalue weighted by molar-refractivity contribution is 5.69. The number of cyclic esters (lactones) is 1. The minimum absolute atomic E-state index is 0.0177. The van der Waals surface area contributed by atoms with Gasteiger partial charge in [-0.2, -0.15) is 0 Å². The molecule has 0 saturated carbocycles. The van der Waals surface area contributed by atoms with Crippen LogP contribution in [-0.2, 0) is 9.53 Å². The maximum Gasteiger partial charge on any atom is 0.306 e. The molecule has 0 aromatic heterocycles. The predicted octanol–water partition coefficient (Wildman–Crippen LogP) is 4.24. The number of ether oxygens (including phenoxy) is 1. The third-order valence-corrected chi connectivity index (χ3v) is 4.57. The van der Waals surface area contributed by atoms with Gasteiger partial charge in [0.15, 0.2) is 0 Å². The normalized spacial score (nSPS) is 31.2. The first-order valence-electron chi connectivity index (χ1n) is 7.50. The maximum absolute atomic E-state index is 11.5. The van der Waals surface area contributed by atoms with Gasteiger partial charge in [-0.15, -0.1) is 0 Å². The number of allylic oxidation sites excluding steroid dienone is 2. The van der Waals surface area contributed by atoms with Gasteiger partial charge in [-0.1, -0.05) is 18.6 Å². The lowest BCUT2D eigenvalue weighted by Crippen LogP contribution is -2.23. The van der Waals surface area contributed by atoms with Crippen molar-refractivity contribution in [1.29, 1.82) is 0 Å². The maximum atomic E-state index is 11.5. The Balaban J connectivity index is 1.82. The summed E-state index contributed by atoms with van der Waals surface area (Å²) in [5.74, 6) is 1.48. The van der Waals surface area contributed by atoms with E-state index in [4.69, 9.17) is 4.74 Å². The van der Waals surface area contributed by atoms with Gasteiger partial charge in [0.1, 0.15) is 6.10 Å². The van der Waals surface area contributed by atoms with Crippen LogP contribution < -0.4 is 0 Å². The number of carbonyl (C=O) groups is 1. The minimum atomic E-state index is 0.0177. The Hall–Kier alpha value is -0.790. The van der Waals surface area contributed by atoms with Crippen LogP contribution >= 0.6 is 0 Å². The fourth-order valence-electron chi connectivity index (χ4n) is 3.22. The van der Waals surface area contributed by atoms with Crippen molar-refractivity contribution in [2.45, 2.75) is 71.3 Å². The van der Waals surface area contributed by atoms with Gasteiger partial charge in [-0.05, 0) is 63.7 Å². The van der Waals surface area contributed by atoms with E-state index in [1.165, 1.54) is 19.3 Å². The number of hydrogen-bond acceptors (Lipinski definition) is 2. The van der Waals surface area contributed by atoms with E-state index in [9.17, 15) is 4.79 Å². The Kier molecular flexibility index (Phi) is 4.85. The molecule has 0 aromatic rings. The molecule has 2 nitrogen and oxygen atoms in total. The molecule has 102 valence electrons. The molecule has 1 aliphatic heterocycles. The lowest BCUT2D eigenvalue weighted by Gasteiger charge is -2.29. The van der Waals surface area contributed by atoms with Crippen molar-refractivity contribution in [3.05, 3.63) is 11.6 Å². The van der Waals surface area contributed by atoms with Crippen LogP contribution in [0.25, 0.3) is 0 Å². The third kappa shape index (κ3) is 3.86. The van der Waals surface area contributed by atoms with E-state index in [1.807, 2.05) is 0 Å². The van der Waals surface area contributed by atoms with Crippen LogP contribution in [0.3, 0.4) is 0 Å². The van der Waals surface area contributed by atoms with Crippen molar-refractivity contribution in [2.24, 2.45) is 11.8 Å². The number of carbonyl (C=O) groups excluding carboxylic acids is 1. The predicted molar refractivity (Wildman–Crippen MR) is 73.2 cm³/mol. The van der Waals surface area contributed by atoms with E-state index in [0.717, 1.165) is 31.6 Å². The van der Waals surface area contributed by atoms with Crippen LogP contribution in [0.1, 0.15) is 65.2 Å². The lowest BCUT2D eigenvalue weighted by molar-refractivity contribution is -0.148. The summed E-state index contributed by atoms with van der Waals surface area (Å²) in [5, 5.41) is 0. The highest BCUT2D eigenvalue weighted by Gasteiger charge is 2.25. The summed E-state index contributed by atoms with van der Waals surface area (Å²) in [7, 11) is 0. The van der Waals surface area contributed by atoms with Gasteiger partial charge < -0.3 is 4.74 Å². The molecular weight excluding hydrogens is 224 g/mol. The van der Waals surface area contributed by atoms with Gasteiger partial charge >= 0.3 is 5.97 Å². The summed E-state index contributed by atoms with van der Waals surface area (Å²) in [4.78, 5) is 11.5. The molecule has 2 rings (SSSR count). The molecule has 0 N–H and O–H groups in total. The van der Waals surface area contributed by atoms with Crippen molar-refractivity contribution in [3.8, 4) is 0 Å². The molecule has 0 amide bonds.